The maximum Gasteiger partial charge on any atom is 0.249 e. The van der Waals surface area contributed by atoms with Crippen LogP contribution in [0.3, 0.4) is 0 Å². The van der Waals surface area contributed by atoms with Gasteiger partial charge in [-0.15, -0.1) is 23.1 Å². The molecule has 1 unspecified atom stereocenters. The second kappa shape index (κ2) is 4.84. The zero-order chi connectivity index (χ0) is 11.5. The van der Waals surface area contributed by atoms with E-state index in [9.17, 15) is 9.59 Å². The Hall–Kier alpha value is -1.08. The van der Waals surface area contributed by atoms with Crippen LogP contribution in [-0.2, 0) is 9.59 Å². The molecule has 1 atom stereocenters. The number of rotatable bonds is 2. The van der Waals surface area contributed by atoms with Gasteiger partial charge in [0, 0.05) is 11.1 Å². The van der Waals surface area contributed by atoms with E-state index < -0.39 is 6.04 Å². The van der Waals surface area contributed by atoms with E-state index in [-0.39, 0.29) is 11.8 Å². The Bertz CT molecular complexity index is 419. The lowest BCUT2D eigenvalue weighted by Crippen LogP contribution is -2.49. The van der Waals surface area contributed by atoms with Crippen LogP contribution in [0.15, 0.2) is 5.38 Å². The van der Waals surface area contributed by atoms with Gasteiger partial charge in [-0.1, -0.05) is 0 Å². The summed E-state index contributed by atoms with van der Waals surface area (Å²) < 4.78 is 0. The van der Waals surface area contributed by atoms with Crippen molar-refractivity contribution in [2.45, 2.75) is 13.0 Å². The van der Waals surface area contributed by atoms with Gasteiger partial charge < -0.3 is 10.6 Å². The van der Waals surface area contributed by atoms with Gasteiger partial charge in [0.25, 0.3) is 0 Å². The van der Waals surface area contributed by atoms with E-state index in [0.717, 1.165) is 5.69 Å². The van der Waals surface area contributed by atoms with Crippen molar-refractivity contribution < 1.29 is 9.59 Å². The molecule has 2 amide bonds. The second-order valence-corrected chi connectivity index (χ2v) is 5.31. The molecule has 0 aromatic carbocycles. The molecule has 0 spiro atoms. The van der Waals surface area contributed by atoms with E-state index in [1.165, 1.54) is 23.1 Å². The number of hydrogen-bond acceptors (Lipinski definition) is 5. The predicted octanol–water partition coefficient (Wildman–Crippen LogP) is 0.622. The van der Waals surface area contributed by atoms with Crippen LogP contribution in [0.2, 0.25) is 0 Å². The number of carbonyl (C=O) groups is 2. The van der Waals surface area contributed by atoms with Gasteiger partial charge in [0.2, 0.25) is 11.8 Å². The minimum absolute atomic E-state index is 0.0910. The first-order valence-electron chi connectivity index (χ1n) is 4.75. The average Bonchev–Trinajstić information content (AvgIpc) is 2.64. The third-order valence-electron chi connectivity index (χ3n) is 2.02. The molecule has 1 aromatic rings. The largest absolute Gasteiger partial charge is 0.343 e. The summed E-state index contributed by atoms with van der Waals surface area (Å²) in [6, 6.07) is -0.449. The molecule has 2 rings (SSSR count). The van der Waals surface area contributed by atoms with Crippen LogP contribution in [0.4, 0.5) is 5.13 Å². The van der Waals surface area contributed by atoms with Crippen molar-refractivity contribution in [1.82, 2.24) is 10.3 Å². The maximum atomic E-state index is 11.7. The number of anilines is 1. The molecule has 1 fully saturated rings. The third-order valence-corrected chi connectivity index (χ3v) is 3.93. The van der Waals surface area contributed by atoms with Gasteiger partial charge >= 0.3 is 0 Å². The van der Waals surface area contributed by atoms with Crippen molar-refractivity contribution in [3.8, 4) is 0 Å². The minimum Gasteiger partial charge on any atom is -0.343 e. The first-order chi connectivity index (χ1) is 7.65. The van der Waals surface area contributed by atoms with Crippen LogP contribution in [0, 0.1) is 6.92 Å². The molecule has 0 radical (unpaired) electrons. The summed E-state index contributed by atoms with van der Waals surface area (Å²) in [5, 5.41) is 7.78. The summed E-state index contributed by atoms with van der Waals surface area (Å²) in [6.07, 6.45) is 0. The van der Waals surface area contributed by atoms with Gasteiger partial charge in [0.05, 0.1) is 11.4 Å². The number of aryl methyl sites for hydroxylation is 1. The first-order valence-corrected chi connectivity index (χ1v) is 6.78. The molecule has 0 aliphatic carbocycles. The highest BCUT2D eigenvalue weighted by atomic mass is 32.2. The van der Waals surface area contributed by atoms with Gasteiger partial charge in [-0.25, -0.2) is 4.98 Å². The van der Waals surface area contributed by atoms with Crippen LogP contribution in [0.1, 0.15) is 5.69 Å². The molecule has 1 saturated heterocycles. The lowest BCUT2D eigenvalue weighted by atomic mass is 10.3. The summed E-state index contributed by atoms with van der Waals surface area (Å²) in [4.78, 5) is 27.0. The van der Waals surface area contributed by atoms with E-state index in [1.807, 2.05) is 12.3 Å². The minimum atomic E-state index is -0.449. The number of aromatic nitrogens is 1. The number of amides is 2. The number of nitrogens with zero attached hydrogens (tertiary/aromatic N) is 1. The van der Waals surface area contributed by atoms with Crippen LogP contribution >= 0.6 is 23.1 Å². The van der Waals surface area contributed by atoms with E-state index in [2.05, 4.69) is 15.6 Å². The molecule has 5 nitrogen and oxygen atoms in total. The molecule has 16 heavy (non-hydrogen) atoms. The van der Waals surface area contributed by atoms with Crippen LogP contribution in [0.25, 0.3) is 0 Å². The van der Waals surface area contributed by atoms with Gasteiger partial charge in [0.1, 0.15) is 6.04 Å². The molecule has 1 aromatic heterocycles. The third kappa shape index (κ3) is 2.73. The number of carbonyl (C=O) groups excluding carboxylic acids is 2. The fraction of sp³-hybridized carbons (Fsp3) is 0.444. The molecule has 86 valence electrons. The second-order valence-electron chi connectivity index (χ2n) is 3.42. The highest BCUT2D eigenvalue weighted by Crippen LogP contribution is 2.16. The average molecular weight is 257 g/mol. The van der Waals surface area contributed by atoms with Crippen molar-refractivity contribution in [3.63, 3.8) is 0 Å². The fourth-order valence-electron chi connectivity index (χ4n) is 1.29. The van der Waals surface area contributed by atoms with Gasteiger partial charge in [-0.05, 0) is 6.92 Å². The maximum absolute atomic E-state index is 11.7. The van der Waals surface area contributed by atoms with Gasteiger partial charge in [0.15, 0.2) is 5.13 Å². The summed E-state index contributed by atoms with van der Waals surface area (Å²) in [7, 11) is 0. The monoisotopic (exact) mass is 257 g/mol. The molecular weight excluding hydrogens is 246 g/mol. The number of thiazole rings is 1. The molecule has 0 bridgehead atoms. The molecule has 0 saturated carbocycles. The molecule has 2 heterocycles. The molecule has 1 aliphatic rings. The Morgan fingerprint density at radius 1 is 1.69 bits per heavy atom. The van der Waals surface area contributed by atoms with Crippen molar-refractivity contribution in [2.24, 2.45) is 0 Å². The van der Waals surface area contributed by atoms with Crippen molar-refractivity contribution in [2.75, 3.05) is 16.8 Å². The Balaban J connectivity index is 1.94. The van der Waals surface area contributed by atoms with Crippen LogP contribution in [-0.4, -0.2) is 34.3 Å². The summed E-state index contributed by atoms with van der Waals surface area (Å²) in [5.74, 6) is 0.754. The molecule has 2 N–H and O–H groups in total. The zero-order valence-electron chi connectivity index (χ0n) is 8.65. The zero-order valence-corrected chi connectivity index (χ0v) is 10.3. The quantitative estimate of drug-likeness (QED) is 0.815. The lowest BCUT2D eigenvalue weighted by Gasteiger charge is -2.21. The van der Waals surface area contributed by atoms with E-state index in [4.69, 9.17) is 0 Å². The Morgan fingerprint density at radius 2 is 2.50 bits per heavy atom. The van der Waals surface area contributed by atoms with Crippen molar-refractivity contribution in [3.05, 3.63) is 11.1 Å². The predicted molar refractivity (Wildman–Crippen MR) is 64.7 cm³/mol. The van der Waals surface area contributed by atoms with E-state index in [0.29, 0.717) is 16.6 Å². The molecule has 7 heteroatoms. The standard InChI is InChI=1S/C9H11N3O2S2/c1-5-2-16-9(10-5)12-8(14)6-3-15-4-7(13)11-6/h2,6H,3-4H2,1H3,(H,11,13)(H,10,12,14). The summed E-state index contributed by atoms with van der Waals surface area (Å²) in [6.45, 7) is 1.87. The molecular formula is C9H11N3O2S2. The Kier molecular flexibility index (Phi) is 3.45. The topological polar surface area (TPSA) is 71.1 Å². The van der Waals surface area contributed by atoms with Crippen LogP contribution in [0.5, 0.6) is 0 Å². The highest BCUT2D eigenvalue weighted by molar-refractivity contribution is 8.00. The summed E-state index contributed by atoms with van der Waals surface area (Å²) >= 11 is 2.85. The van der Waals surface area contributed by atoms with Crippen molar-refractivity contribution >= 4 is 40.0 Å². The Labute approximate surface area is 101 Å². The normalized spacial score (nSPS) is 20.3. The van der Waals surface area contributed by atoms with Crippen LogP contribution < -0.4 is 10.6 Å². The fourth-order valence-corrected chi connectivity index (χ4v) is 2.84. The molecule has 1 aliphatic heterocycles. The lowest BCUT2D eigenvalue weighted by molar-refractivity contribution is -0.124. The summed E-state index contributed by atoms with van der Waals surface area (Å²) in [5.41, 5.74) is 0.877. The van der Waals surface area contributed by atoms with Gasteiger partial charge in [-0.3, -0.25) is 9.59 Å². The Morgan fingerprint density at radius 3 is 3.12 bits per heavy atom. The smallest absolute Gasteiger partial charge is 0.249 e. The van der Waals surface area contributed by atoms with Crippen molar-refractivity contribution in [1.29, 1.82) is 0 Å². The number of nitrogens with one attached hydrogen (secondary N) is 2. The number of hydrogen-bond donors (Lipinski definition) is 2. The van der Waals surface area contributed by atoms with Gasteiger partial charge in [-0.2, -0.15) is 0 Å². The van der Waals surface area contributed by atoms with E-state index in [1.54, 1.807) is 0 Å². The first kappa shape index (κ1) is 11.4. The highest BCUT2D eigenvalue weighted by Gasteiger charge is 2.25. The van der Waals surface area contributed by atoms with E-state index >= 15 is 0 Å². The number of thioether (sulfide) groups is 1. The SMILES string of the molecule is Cc1csc(NC(=O)C2CSCC(=O)N2)n1.